The second-order valence-electron chi connectivity index (χ2n) is 5.12. The summed E-state index contributed by atoms with van der Waals surface area (Å²) in [7, 11) is 1.71. The van der Waals surface area contributed by atoms with Crippen LogP contribution in [-0.2, 0) is 6.42 Å². The van der Waals surface area contributed by atoms with Gasteiger partial charge in [-0.3, -0.25) is 0 Å². The highest BCUT2D eigenvalue weighted by Gasteiger charge is 2.29. The average molecular weight is 274 g/mol. The van der Waals surface area contributed by atoms with Crippen molar-refractivity contribution in [3.63, 3.8) is 0 Å². The van der Waals surface area contributed by atoms with Gasteiger partial charge in [0.15, 0.2) is 5.13 Å². The third-order valence-electron chi connectivity index (χ3n) is 3.53. The lowest BCUT2D eigenvalue weighted by Gasteiger charge is -2.07. The highest BCUT2D eigenvalue weighted by atomic mass is 32.1. The van der Waals surface area contributed by atoms with Gasteiger partial charge >= 0.3 is 0 Å². The van der Waals surface area contributed by atoms with Gasteiger partial charge in [0.2, 0.25) is 0 Å². The minimum atomic E-state index is 0.655. The minimum Gasteiger partial charge on any atom is -0.496 e. The maximum absolute atomic E-state index is 5.86. The molecule has 1 aliphatic rings. The number of rotatable bonds is 4. The van der Waals surface area contributed by atoms with E-state index in [0.29, 0.717) is 11.0 Å². The second-order valence-corrected chi connectivity index (χ2v) is 6.23. The van der Waals surface area contributed by atoms with Crippen molar-refractivity contribution in [3.05, 3.63) is 39.9 Å². The van der Waals surface area contributed by atoms with Crippen LogP contribution >= 0.6 is 11.3 Å². The molecule has 1 aromatic heterocycles. The number of benzene rings is 1. The number of anilines is 1. The van der Waals surface area contributed by atoms with Crippen LogP contribution in [0.5, 0.6) is 5.75 Å². The Morgan fingerprint density at radius 3 is 2.84 bits per heavy atom. The van der Waals surface area contributed by atoms with E-state index in [4.69, 9.17) is 10.5 Å². The van der Waals surface area contributed by atoms with Crippen molar-refractivity contribution in [2.45, 2.75) is 32.1 Å². The normalized spacial score (nSPS) is 14.6. The van der Waals surface area contributed by atoms with Crippen molar-refractivity contribution in [2.24, 2.45) is 0 Å². The maximum atomic E-state index is 5.86. The predicted octanol–water partition coefficient (Wildman–Crippen LogP) is 3.51. The molecule has 1 heterocycles. The molecule has 1 fully saturated rings. The first-order chi connectivity index (χ1) is 9.17. The lowest BCUT2D eigenvalue weighted by molar-refractivity contribution is 0.411. The van der Waals surface area contributed by atoms with Crippen molar-refractivity contribution in [2.75, 3.05) is 12.8 Å². The number of methoxy groups -OCH3 is 1. The van der Waals surface area contributed by atoms with E-state index < -0.39 is 0 Å². The molecule has 3 nitrogen and oxygen atoms in total. The molecule has 0 spiro atoms. The number of aryl methyl sites for hydroxylation is 1. The van der Waals surface area contributed by atoms with E-state index in [1.54, 1.807) is 18.4 Å². The van der Waals surface area contributed by atoms with E-state index >= 15 is 0 Å². The Kier molecular flexibility index (Phi) is 3.19. The van der Waals surface area contributed by atoms with Crippen molar-refractivity contribution in [1.82, 2.24) is 4.98 Å². The highest BCUT2D eigenvalue weighted by molar-refractivity contribution is 7.15. The zero-order valence-electron chi connectivity index (χ0n) is 11.3. The van der Waals surface area contributed by atoms with E-state index in [2.05, 4.69) is 24.0 Å². The van der Waals surface area contributed by atoms with Crippen molar-refractivity contribution < 1.29 is 4.74 Å². The van der Waals surface area contributed by atoms with Crippen molar-refractivity contribution in [1.29, 1.82) is 0 Å². The molecule has 100 valence electrons. The molecule has 4 heteroatoms. The van der Waals surface area contributed by atoms with E-state index in [0.717, 1.165) is 12.2 Å². The van der Waals surface area contributed by atoms with Crippen LogP contribution in [0.1, 0.15) is 40.5 Å². The van der Waals surface area contributed by atoms with Gasteiger partial charge in [0.1, 0.15) is 5.75 Å². The number of hydrogen-bond acceptors (Lipinski definition) is 4. The molecule has 1 saturated carbocycles. The SMILES string of the molecule is COc1ccc(Cc2sc(N)nc2C2CC2)cc1C. The number of ether oxygens (including phenoxy) is 1. The monoisotopic (exact) mass is 274 g/mol. The van der Waals surface area contributed by atoms with Gasteiger partial charge in [-0.25, -0.2) is 4.98 Å². The quantitative estimate of drug-likeness (QED) is 0.928. The molecule has 1 aliphatic carbocycles. The smallest absolute Gasteiger partial charge is 0.180 e. The van der Waals surface area contributed by atoms with E-state index in [9.17, 15) is 0 Å². The minimum absolute atomic E-state index is 0.655. The Balaban J connectivity index is 1.86. The second kappa shape index (κ2) is 4.85. The largest absolute Gasteiger partial charge is 0.496 e. The zero-order valence-corrected chi connectivity index (χ0v) is 12.1. The van der Waals surface area contributed by atoms with Crippen molar-refractivity contribution >= 4 is 16.5 Å². The van der Waals surface area contributed by atoms with Gasteiger partial charge in [0, 0.05) is 17.2 Å². The molecule has 19 heavy (non-hydrogen) atoms. The number of hydrogen-bond donors (Lipinski definition) is 1. The Hall–Kier alpha value is -1.55. The Morgan fingerprint density at radius 2 is 2.21 bits per heavy atom. The summed E-state index contributed by atoms with van der Waals surface area (Å²) >= 11 is 1.63. The molecule has 2 N–H and O–H groups in total. The lowest BCUT2D eigenvalue weighted by atomic mass is 10.1. The number of nitrogens with zero attached hydrogens (tertiary/aromatic N) is 1. The number of thiazole rings is 1. The summed E-state index contributed by atoms with van der Waals surface area (Å²) in [6.45, 7) is 2.07. The zero-order chi connectivity index (χ0) is 13.4. The topological polar surface area (TPSA) is 48.1 Å². The Bertz CT molecular complexity index is 602. The number of nitrogen functional groups attached to an aromatic ring is 1. The molecule has 3 rings (SSSR count). The highest BCUT2D eigenvalue weighted by Crippen LogP contribution is 2.43. The third kappa shape index (κ3) is 2.59. The number of aromatic nitrogens is 1. The van der Waals surface area contributed by atoms with Crippen LogP contribution in [-0.4, -0.2) is 12.1 Å². The van der Waals surface area contributed by atoms with Gasteiger partial charge in [-0.2, -0.15) is 0 Å². The summed E-state index contributed by atoms with van der Waals surface area (Å²) < 4.78 is 5.30. The van der Waals surface area contributed by atoms with Crippen LogP contribution in [0, 0.1) is 6.92 Å². The molecular weight excluding hydrogens is 256 g/mol. The molecule has 0 amide bonds. The first kappa shape index (κ1) is 12.5. The first-order valence-electron chi connectivity index (χ1n) is 6.56. The Morgan fingerprint density at radius 1 is 1.42 bits per heavy atom. The summed E-state index contributed by atoms with van der Waals surface area (Å²) in [6.07, 6.45) is 3.45. The molecule has 0 bridgehead atoms. The van der Waals surface area contributed by atoms with E-state index in [-0.39, 0.29) is 0 Å². The fourth-order valence-electron chi connectivity index (χ4n) is 2.42. The summed E-state index contributed by atoms with van der Waals surface area (Å²) in [6, 6.07) is 6.34. The van der Waals surface area contributed by atoms with E-state index in [1.807, 2.05) is 6.07 Å². The summed E-state index contributed by atoms with van der Waals surface area (Å²) in [5, 5.41) is 0.696. The molecular formula is C15H18N2OS. The number of nitrogens with two attached hydrogens (primary N) is 1. The van der Waals surface area contributed by atoms with Crippen LogP contribution < -0.4 is 10.5 Å². The Labute approximate surface area is 117 Å². The van der Waals surface area contributed by atoms with Gasteiger partial charge < -0.3 is 10.5 Å². The fourth-order valence-corrected chi connectivity index (χ4v) is 3.37. The summed E-state index contributed by atoms with van der Waals surface area (Å²) in [5.74, 6) is 1.60. The maximum Gasteiger partial charge on any atom is 0.180 e. The van der Waals surface area contributed by atoms with Crippen LogP contribution in [0.4, 0.5) is 5.13 Å². The third-order valence-corrected chi connectivity index (χ3v) is 4.43. The molecule has 0 saturated heterocycles. The molecule has 1 aromatic carbocycles. The lowest BCUT2D eigenvalue weighted by Crippen LogP contribution is -1.93. The average Bonchev–Trinajstić information content (AvgIpc) is 3.15. The van der Waals surface area contributed by atoms with Gasteiger partial charge in [0.05, 0.1) is 12.8 Å². The molecule has 2 aromatic rings. The molecule has 0 unspecified atom stereocenters. The van der Waals surface area contributed by atoms with Crippen LogP contribution in [0.25, 0.3) is 0 Å². The van der Waals surface area contributed by atoms with Gasteiger partial charge in [-0.15, -0.1) is 11.3 Å². The first-order valence-corrected chi connectivity index (χ1v) is 7.37. The van der Waals surface area contributed by atoms with Gasteiger partial charge in [0.25, 0.3) is 0 Å². The van der Waals surface area contributed by atoms with Crippen molar-refractivity contribution in [3.8, 4) is 5.75 Å². The van der Waals surface area contributed by atoms with E-state index in [1.165, 1.54) is 34.5 Å². The summed E-state index contributed by atoms with van der Waals surface area (Å²) in [4.78, 5) is 5.82. The van der Waals surface area contributed by atoms with Gasteiger partial charge in [-0.05, 0) is 37.0 Å². The predicted molar refractivity (Wildman–Crippen MR) is 79.0 cm³/mol. The molecule has 0 atom stereocenters. The molecule has 0 aliphatic heterocycles. The van der Waals surface area contributed by atoms with Crippen LogP contribution in [0.2, 0.25) is 0 Å². The standard InChI is InChI=1S/C15H18N2OS/c1-9-7-10(3-6-12(9)18-2)8-13-14(11-4-5-11)17-15(16)19-13/h3,6-7,11H,4-5,8H2,1-2H3,(H2,16,17). The van der Waals surface area contributed by atoms with Crippen LogP contribution in [0.3, 0.4) is 0 Å². The van der Waals surface area contributed by atoms with Gasteiger partial charge in [-0.1, -0.05) is 12.1 Å². The fraction of sp³-hybridized carbons (Fsp3) is 0.400. The molecule has 0 radical (unpaired) electrons. The van der Waals surface area contributed by atoms with Crippen LogP contribution in [0.15, 0.2) is 18.2 Å². The summed E-state index contributed by atoms with van der Waals surface area (Å²) in [5.41, 5.74) is 9.56.